The fourth-order valence-electron chi connectivity index (χ4n) is 1.53. The molecular formula is C11H9F3O2S. The molecule has 1 aromatic carbocycles. The van der Waals surface area contributed by atoms with Crippen molar-refractivity contribution in [3.05, 3.63) is 29.1 Å². The van der Waals surface area contributed by atoms with Crippen molar-refractivity contribution in [2.45, 2.75) is 13.0 Å². The van der Waals surface area contributed by atoms with Crippen molar-refractivity contribution in [1.82, 2.24) is 0 Å². The second-order valence-electron chi connectivity index (χ2n) is 3.40. The van der Waals surface area contributed by atoms with E-state index in [0.29, 0.717) is 6.61 Å². The molecule has 0 radical (unpaired) electrons. The van der Waals surface area contributed by atoms with E-state index in [2.05, 4.69) is 4.74 Å². The predicted molar refractivity (Wildman–Crippen MR) is 59.2 cm³/mol. The minimum atomic E-state index is -4.65. The lowest BCUT2D eigenvalue weighted by atomic mass is 10.2. The molecule has 2 nitrogen and oxygen atoms in total. The van der Waals surface area contributed by atoms with E-state index in [-0.39, 0.29) is 5.75 Å². The quantitative estimate of drug-likeness (QED) is 0.834. The first-order chi connectivity index (χ1) is 7.99. The molecule has 92 valence electrons. The molecule has 6 heteroatoms. The van der Waals surface area contributed by atoms with Gasteiger partial charge in [-0.3, -0.25) is 0 Å². The summed E-state index contributed by atoms with van der Waals surface area (Å²) in [6.45, 7) is 0.444. The van der Waals surface area contributed by atoms with Gasteiger partial charge in [0.25, 0.3) is 0 Å². The molecule has 1 heterocycles. The average Bonchev–Trinajstić information content (AvgIpc) is 2.59. The van der Waals surface area contributed by atoms with Crippen molar-refractivity contribution < 1.29 is 22.6 Å². The third-order valence-electron chi connectivity index (χ3n) is 2.16. The van der Waals surface area contributed by atoms with Crippen LogP contribution >= 0.6 is 11.3 Å². The predicted octanol–water partition coefficient (Wildman–Crippen LogP) is 3.95. The van der Waals surface area contributed by atoms with E-state index >= 15 is 0 Å². The van der Waals surface area contributed by atoms with Gasteiger partial charge in [0.2, 0.25) is 0 Å². The number of benzene rings is 1. The largest absolute Gasteiger partial charge is 0.573 e. The highest BCUT2D eigenvalue weighted by Crippen LogP contribution is 2.32. The lowest BCUT2D eigenvalue weighted by Gasteiger charge is -2.08. The second-order valence-corrected chi connectivity index (χ2v) is 4.31. The van der Waals surface area contributed by atoms with E-state index in [1.807, 2.05) is 5.38 Å². The van der Waals surface area contributed by atoms with Crippen LogP contribution < -0.4 is 4.74 Å². The smallest absolute Gasteiger partial charge is 0.406 e. The van der Waals surface area contributed by atoms with Crippen LogP contribution in [0.4, 0.5) is 13.2 Å². The summed E-state index contributed by atoms with van der Waals surface area (Å²) >= 11 is 1.37. The maximum Gasteiger partial charge on any atom is 0.573 e. The molecule has 17 heavy (non-hydrogen) atoms. The third-order valence-corrected chi connectivity index (χ3v) is 3.15. The van der Waals surface area contributed by atoms with Crippen molar-refractivity contribution in [2.24, 2.45) is 0 Å². The molecule has 0 spiro atoms. The highest BCUT2D eigenvalue weighted by Gasteiger charge is 2.31. The van der Waals surface area contributed by atoms with Crippen molar-refractivity contribution in [3.8, 4) is 5.75 Å². The Balaban J connectivity index is 2.32. The summed E-state index contributed by atoms with van der Waals surface area (Å²) in [5.41, 5.74) is 0.964. The van der Waals surface area contributed by atoms with E-state index in [0.717, 1.165) is 15.6 Å². The molecule has 0 fully saturated rings. The Morgan fingerprint density at radius 2 is 2.06 bits per heavy atom. The number of alkyl halides is 3. The van der Waals surface area contributed by atoms with E-state index in [1.54, 1.807) is 13.2 Å². The molecular weight excluding hydrogens is 253 g/mol. The average molecular weight is 262 g/mol. The van der Waals surface area contributed by atoms with Gasteiger partial charge in [0, 0.05) is 11.8 Å². The molecule has 2 aromatic rings. The first kappa shape index (κ1) is 12.2. The Labute approximate surface area is 99.6 Å². The number of thiophene rings is 1. The maximum atomic E-state index is 12.0. The van der Waals surface area contributed by atoms with Gasteiger partial charge in [-0.05, 0) is 34.5 Å². The molecule has 0 unspecified atom stereocenters. The van der Waals surface area contributed by atoms with E-state index in [9.17, 15) is 13.2 Å². The van der Waals surface area contributed by atoms with Crippen LogP contribution in [0.3, 0.4) is 0 Å². The molecule has 0 saturated heterocycles. The number of hydrogen-bond acceptors (Lipinski definition) is 3. The summed E-state index contributed by atoms with van der Waals surface area (Å²) in [5, 5.41) is 2.76. The molecule has 0 saturated carbocycles. The second kappa shape index (κ2) is 4.54. The van der Waals surface area contributed by atoms with Gasteiger partial charge < -0.3 is 9.47 Å². The number of ether oxygens (including phenoxy) is 2. The summed E-state index contributed by atoms with van der Waals surface area (Å²) in [4.78, 5) is 0. The topological polar surface area (TPSA) is 18.5 Å². The lowest BCUT2D eigenvalue weighted by molar-refractivity contribution is -0.274. The maximum absolute atomic E-state index is 12.0. The van der Waals surface area contributed by atoms with Crippen LogP contribution in [0.2, 0.25) is 0 Å². The van der Waals surface area contributed by atoms with Crippen LogP contribution in [0, 0.1) is 0 Å². The number of rotatable bonds is 3. The minimum Gasteiger partial charge on any atom is -0.406 e. The number of methoxy groups -OCH3 is 1. The molecule has 0 aliphatic rings. The molecule has 0 amide bonds. The molecule has 0 aliphatic carbocycles. The van der Waals surface area contributed by atoms with Gasteiger partial charge in [0.1, 0.15) is 5.75 Å². The van der Waals surface area contributed by atoms with Crippen molar-refractivity contribution >= 4 is 21.4 Å². The zero-order valence-corrected chi connectivity index (χ0v) is 9.69. The van der Waals surface area contributed by atoms with Gasteiger partial charge in [-0.25, -0.2) is 0 Å². The molecule has 0 aliphatic heterocycles. The van der Waals surface area contributed by atoms with Crippen molar-refractivity contribution in [2.75, 3.05) is 7.11 Å². The Hall–Kier alpha value is -1.27. The van der Waals surface area contributed by atoms with Crippen LogP contribution in [0.1, 0.15) is 5.56 Å². The zero-order valence-electron chi connectivity index (χ0n) is 8.88. The summed E-state index contributed by atoms with van der Waals surface area (Å²) in [6, 6.07) is 4.30. The van der Waals surface area contributed by atoms with Gasteiger partial charge in [-0.1, -0.05) is 0 Å². The minimum absolute atomic E-state index is 0.198. The van der Waals surface area contributed by atoms with Gasteiger partial charge in [0.15, 0.2) is 0 Å². The van der Waals surface area contributed by atoms with Gasteiger partial charge in [-0.2, -0.15) is 0 Å². The molecule has 1 aromatic heterocycles. The summed E-state index contributed by atoms with van der Waals surface area (Å²) < 4.78 is 45.7. The Morgan fingerprint density at radius 1 is 1.29 bits per heavy atom. The van der Waals surface area contributed by atoms with Crippen LogP contribution in [0.15, 0.2) is 23.6 Å². The van der Waals surface area contributed by atoms with Crippen LogP contribution in [0.5, 0.6) is 5.75 Å². The first-order valence-corrected chi connectivity index (χ1v) is 5.62. The Kier molecular flexibility index (Phi) is 3.26. The monoisotopic (exact) mass is 262 g/mol. The van der Waals surface area contributed by atoms with Crippen molar-refractivity contribution in [3.63, 3.8) is 0 Å². The zero-order chi connectivity index (χ0) is 12.5. The van der Waals surface area contributed by atoms with E-state index in [4.69, 9.17) is 4.74 Å². The first-order valence-electron chi connectivity index (χ1n) is 4.74. The Morgan fingerprint density at radius 3 is 2.71 bits per heavy atom. The molecule has 0 bridgehead atoms. The number of halogens is 3. The van der Waals surface area contributed by atoms with Crippen LogP contribution in [-0.4, -0.2) is 13.5 Å². The highest BCUT2D eigenvalue weighted by atomic mass is 32.1. The number of hydrogen-bond donors (Lipinski definition) is 0. The summed E-state index contributed by atoms with van der Waals surface area (Å²) in [5.74, 6) is -0.198. The Bertz CT molecular complexity index is 519. The van der Waals surface area contributed by atoms with E-state index in [1.165, 1.54) is 23.5 Å². The van der Waals surface area contributed by atoms with Crippen molar-refractivity contribution in [1.29, 1.82) is 0 Å². The van der Waals surface area contributed by atoms with Crippen LogP contribution in [0.25, 0.3) is 10.1 Å². The van der Waals surface area contributed by atoms with Gasteiger partial charge >= 0.3 is 6.36 Å². The lowest BCUT2D eigenvalue weighted by Crippen LogP contribution is -2.16. The fraction of sp³-hybridized carbons (Fsp3) is 0.273. The van der Waals surface area contributed by atoms with Gasteiger partial charge in [-0.15, -0.1) is 24.5 Å². The normalized spacial score (nSPS) is 12.0. The SMILES string of the molecule is COCc1csc2cc(OC(F)(F)F)ccc12. The van der Waals surface area contributed by atoms with Crippen LogP contribution in [-0.2, 0) is 11.3 Å². The highest BCUT2D eigenvalue weighted by molar-refractivity contribution is 7.17. The third kappa shape index (κ3) is 2.89. The number of fused-ring (bicyclic) bond motifs is 1. The standard InChI is InChI=1S/C11H9F3O2S/c1-15-5-7-6-17-10-4-8(2-3-9(7)10)16-11(12,13)14/h2-4,6H,5H2,1H3. The fourth-order valence-corrected chi connectivity index (χ4v) is 2.50. The molecule has 2 rings (SSSR count). The van der Waals surface area contributed by atoms with Gasteiger partial charge in [0.05, 0.1) is 6.61 Å². The van der Waals surface area contributed by atoms with E-state index < -0.39 is 6.36 Å². The molecule has 0 atom stereocenters. The summed E-state index contributed by atoms with van der Waals surface area (Å²) in [6.07, 6.45) is -4.65. The molecule has 0 N–H and O–H groups in total. The summed E-state index contributed by atoms with van der Waals surface area (Å²) in [7, 11) is 1.57.